The highest BCUT2D eigenvalue weighted by atomic mass is 32.2. The molecule has 1 amide bonds. The minimum atomic E-state index is -0.310. The first-order chi connectivity index (χ1) is 12.5. The summed E-state index contributed by atoms with van der Waals surface area (Å²) in [7, 11) is 0. The molecule has 0 saturated carbocycles. The Morgan fingerprint density at radius 1 is 1.15 bits per heavy atom. The van der Waals surface area contributed by atoms with E-state index in [2.05, 4.69) is 34.7 Å². The van der Waals surface area contributed by atoms with Gasteiger partial charge < -0.3 is 5.32 Å². The van der Waals surface area contributed by atoms with Crippen molar-refractivity contribution >= 4 is 17.7 Å². The Hall–Kier alpha value is -2.67. The minimum absolute atomic E-state index is 0.0477. The van der Waals surface area contributed by atoms with Crippen LogP contribution in [-0.2, 0) is 11.3 Å². The van der Waals surface area contributed by atoms with Crippen LogP contribution in [0.5, 0.6) is 0 Å². The maximum atomic E-state index is 12.4. The fourth-order valence-corrected chi connectivity index (χ4v) is 3.24. The van der Waals surface area contributed by atoms with Crippen LogP contribution in [0.3, 0.4) is 0 Å². The molecular formula is C19H21N5OS. The summed E-state index contributed by atoms with van der Waals surface area (Å²) in [6, 6.07) is 15.9. The molecule has 0 saturated heterocycles. The average Bonchev–Trinajstić information content (AvgIpc) is 3.11. The number of amides is 1. The smallest absolute Gasteiger partial charge is 0.233 e. The van der Waals surface area contributed by atoms with Crippen LogP contribution in [0, 0.1) is 13.8 Å². The van der Waals surface area contributed by atoms with Gasteiger partial charge >= 0.3 is 0 Å². The van der Waals surface area contributed by atoms with Crippen LogP contribution in [-0.4, -0.2) is 31.4 Å². The molecule has 0 unspecified atom stereocenters. The summed E-state index contributed by atoms with van der Waals surface area (Å²) < 4.78 is 1.66. The number of hydrogen-bond donors (Lipinski definition) is 1. The molecule has 0 aliphatic heterocycles. The first kappa shape index (κ1) is 18.1. The first-order valence-electron chi connectivity index (χ1n) is 8.39. The topological polar surface area (TPSA) is 72.7 Å². The Kier molecular flexibility index (Phi) is 5.68. The van der Waals surface area contributed by atoms with E-state index in [0.29, 0.717) is 11.7 Å². The van der Waals surface area contributed by atoms with Gasteiger partial charge in [-0.15, -0.1) is 5.10 Å². The molecule has 0 aliphatic rings. The lowest BCUT2D eigenvalue weighted by Gasteiger charge is -2.12. The van der Waals surface area contributed by atoms with Crippen molar-refractivity contribution in [2.75, 3.05) is 0 Å². The second kappa shape index (κ2) is 8.14. The molecule has 2 aromatic carbocycles. The second-order valence-corrected chi connectivity index (χ2v) is 7.41. The second-order valence-electron chi connectivity index (χ2n) is 6.11. The number of tetrazole rings is 1. The van der Waals surface area contributed by atoms with E-state index < -0.39 is 0 Å². The number of aryl methyl sites for hydroxylation is 2. The van der Waals surface area contributed by atoms with Crippen LogP contribution < -0.4 is 5.32 Å². The SMILES string of the molecule is Cc1ccc(-n2nnnc2S[C@H](C)C(=O)NCc2ccccc2)cc1C. The number of aromatic nitrogens is 4. The molecule has 1 aromatic heterocycles. The number of hydrogen-bond acceptors (Lipinski definition) is 5. The predicted molar refractivity (Wildman–Crippen MR) is 102 cm³/mol. The largest absolute Gasteiger partial charge is 0.351 e. The molecule has 3 aromatic rings. The van der Waals surface area contributed by atoms with Crippen LogP contribution >= 0.6 is 11.8 Å². The van der Waals surface area contributed by atoms with E-state index in [1.165, 1.54) is 22.9 Å². The van der Waals surface area contributed by atoms with Crippen LogP contribution in [0.2, 0.25) is 0 Å². The maximum Gasteiger partial charge on any atom is 0.233 e. The van der Waals surface area contributed by atoms with Crippen LogP contribution in [0.15, 0.2) is 53.7 Å². The lowest BCUT2D eigenvalue weighted by Crippen LogP contribution is -2.30. The van der Waals surface area contributed by atoms with Gasteiger partial charge in [0.1, 0.15) is 0 Å². The molecular weight excluding hydrogens is 346 g/mol. The van der Waals surface area contributed by atoms with Crippen molar-refractivity contribution in [1.29, 1.82) is 0 Å². The molecule has 0 aliphatic carbocycles. The fourth-order valence-electron chi connectivity index (χ4n) is 2.41. The van der Waals surface area contributed by atoms with Gasteiger partial charge in [-0.05, 0) is 60.0 Å². The fraction of sp³-hybridized carbons (Fsp3) is 0.263. The Labute approximate surface area is 157 Å². The van der Waals surface area contributed by atoms with Crippen LogP contribution in [0.25, 0.3) is 5.69 Å². The molecule has 3 rings (SSSR count). The van der Waals surface area contributed by atoms with E-state index >= 15 is 0 Å². The van der Waals surface area contributed by atoms with Crippen molar-refractivity contribution in [3.05, 3.63) is 65.2 Å². The predicted octanol–water partition coefficient (Wildman–Crippen LogP) is 3.08. The van der Waals surface area contributed by atoms with Gasteiger partial charge in [0.05, 0.1) is 10.9 Å². The molecule has 0 fully saturated rings. The summed E-state index contributed by atoms with van der Waals surface area (Å²) in [6.45, 7) is 6.47. The molecule has 26 heavy (non-hydrogen) atoms. The minimum Gasteiger partial charge on any atom is -0.351 e. The van der Waals surface area contributed by atoms with Crippen molar-refractivity contribution in [1.82, 2.24) is 25.5 Å². The Morgan fingerprint density at radius 2 is 1.92 bits per heavy atom. The van der Waals surface area contributed by atoms with Gasteiger partial charge in [-0.3, -0.25) is 4.79 Å². The third-order valence-electron chi connectivity index (χ3n) is 4.14. The third-order valence-corrected chi connectivity index (χ3v) is 5.17. The third kappa shape index (κ3) is 4.29. The Morgan fingerprint density at radius 3 is 2.65 bits per heavy atom. The molecule has 1 atom stereocenters. The van der Waals surface area contributed by atoms with Crippen LogP contribution in [0.1, 0.15) is 23.6 Å². The summed E-state index contributed by atoms with van der Waals surface area (Å²) in [6.07, 6.45) is 0. The molecule has 134 valence electrons. The lowest BCUT2D eigenvalue weighted by molar-refractivity contribution is -0.120. The van der Waals surface area contributed by atoms with Gasteiger partial charge in [-0.2, -0.15) is 4.68 Å². The normalized spacial score (nSPS) is 12.0. The Bertz CT molecular complexity index is 894. The molecule has 7 heteroatoms. The zero-order valence-electron chi connectivity index (χ0n) is 15.0. The van der Waals surface area contributed by atoms with E-state index in [4.69, 9.17) is 0 Å². The summed E-state index contributed by atoms with van der Waals surface area (Å²) in [5, 5.41) is 15.1. The van der Waals surface area contributed by atoms with E-state index in [1.807, 2.05) is 55.5 Å². The van der Waals surface area contributed by atoms with Crippen molar-refractivity contribution in [3.8, 4) is 5.69 Å². The number of nitrogens with zero attached hydrogens (tertiary/aromatic N) is 4. The number of nitrogens with one attached hydrogen (secondary N) is 1. The number of rotatable bonds is 6. The molecule has 1 heterocycles. The molecule has 0 radical (unpaired) electrons. The van der Waals surface area contributed by atoms with Crippen molar-refractivity contribution in [3.63, 3.8) is 0 Å². The first-order valence-corrected chi connectivity index (χ1v) is 9.27. The lowest BCUT2D eigenvalue weighted by atomic mass is 10.1. The van der Waals surface area contributed by atoms with Gasteiger partial charge in [0.15, 0.2) is 0 Å². The van der Waals surface area contributed by atoms with Gasteiger partial charge in [-0.25, -0.2) is 0 Å². The standard InChI is InChI=1S/C19H21N5OS/c1-13-9-10-17(11-14(13)2)24-19(21-22-23-24)26-15(3)18(25)20-12-16-7-5-4-6-8-16/h4-11,15H,12H2,1-3H3,(H,20,25)/t15-/m1/s1. The van der Waals surface area contributed by atoms with E-state index in [1.54, 1.807) is 4.68 Å². The van der Waals surface area contributed by atoms with Gasteiger partial charge in [0, 0.05) is 6.54 Å². The zero-order chi connectivity index (χ0) is 18.5. The quantitative estimate of drug-likeness (QED) is 0.678. The number of thioether (sulfide) groups is 1. The highest BCUT2D eigenvalue weighted by Crippen LogP contribution is 2.24. The van der Waals surface area contributed by atoms with E-state index in [9.17, 15) is 4.79 Å². The zero-order valence-corrected chi connectivity index (χ0v) is 15.8. The highest BCUT2D eigenvalue weighted by Gasteiger charge is 2.19. The van der Waals surface area contributed by atoms with Gasteiger partial charge in [0.2, 0.25) is 11.1 Å². The Balaban J connectivity index is 1.66. The van der Waals surface area contributed by atoms with E-state index in [0.717, 1.165) is 11.3 Å². The maximum absolute atomic E-state index is 12.4. The summed E-state index contributed by atoms with van der Waals surface area (Å²) in [5.74, 6) is -0.0477. The van der Waals surface area contributed by atoms with Crippen molar-refractivity contribution in [2.45, 2.75) is 37.7 Å². The summed E-state index contributed by atoms with van der Waals surface area (Å²) in [5.41, 5.74) is 4.34. The molecule has 0 spiro atoms. The van der Waals surface area contributed by atoms with Gasteiger partial charge in [-0.1, -0.05) is 48.2 Å². The van der Waals surface area contributed by atoms with Crippen molar-refractivity contribution < 1.29 is 4.79 Å². The van der Waals surface area contributed by atoms with Crippen molar-refractivity contribution in [2.24, 2.45) is 0 Å². The van der Waals surface area contributed by atoms with Gasteiger partial charge in [0.25, 0.3) is 0 Å². The molecule has 0 bridgehead atoms. The molecule has 1 N–H and O–H groups in total. The monoisotopic (exact) mass is 367 g/mol. The van der Waals surface area contributed by atoms with E-state index in [-0.39, 0.29) is 11.2 Å². The number of benzene rings is 2. The number of carbonyl (C=O) groups is 1. The average molecular weight is 367 g/mol. The summed E-state index contributed by atoms with van der Waals surface area (Å²) >= 11 is 1.34. The summed E-state index contributed by atoms with van der Waals surface area (Å²) in [4.78, 5) is 12.4. The molecule has 6 nitrogen and oxygen atoms in total. The van der Waals surface area contributed by atoms with Crippen LogP contribution in [0.4, 0.5) is 0 Å². The highest BCUT2D eigenvalue weighted by molar-refractivity contribution is 8.00. The number of carbonyl (C=O) groups excluding carboxylic acids is 1.